The van der Waals surface area contributed by atoms with Crippen LogP contribution in [0.3, 0.4) is 0 Å². The van der Waals surface area contributed by atoms with Crippen molar-refractivity contribution in [2.75, 3.05) is 26.4 Å². The minimum atomic E-state index is -3.14. The molecule has 0 atom stereocenters. The molecule has 118 valence electrons. The number of amides is 1. The molecule has 1 aliphatic rings. The first kappa shape index (κ1) is 16.0. The van der Waals surface area contributed by atoms with E-state index in [4.69, 9.17) is 0 Å². The van der Waals surface area contributed by atoms with Crippen LogP contribution in [0.25, 0.3) is 0 Å². The molecule has 0 saturated carbocycles. The van der Waals surface area contributed by atoms with E-state index in [-0.39, 0.29) is 11.8 Å². The molecule has 8 heteroatoms. The van der Waals surface area contributed by atoms with Gasteiger partial charge in [-0.25, -0.2) is 12.7 Å². The molecule has 0 unspecified atom stereocenters. The lowest BCUT2D eigenvalue weighted by molar-refractivity contribution is -0.135. The van der Waals surface area contributed by atoms with Gasteiger partial charge < -0.3 is 4.90 Å². The third-order valence-electron chi connectivity index (χ3n) is 3.83. The fraction of sp³-hybridized carbons (Fsp3) is 0.692. The maximum Gasteiger partial charge on any atom is 0.225 e. The van der Waals surface area contributed by atoms with Gasteiger partial charge in [-0.1, -0.05) is 0 Å². The van der Waals surface area contributed by atoms with Gasteiger partial charge in [-0.15, -0.1) is 0 Å². The van der Waals surface area contributed by atoms with Crippen molar-refractivity contribution in [1.29, 1.82) is 0 Å². The minimum Gasteiger partial charge on any atom is -0.341 e. The van der Waals surface area contributed by atoms with Crippen molar-refractivity contribution in [2.45, 2.75) is 19.4 Å². The predicted molar refractivity (Wildman–Crippen MR) is 78.8 cm³/mol. The number of aryl methyl sites for hydroxylation is 1. The van der Waals surface area contributed by atoms with E-state index >= 15 is 0 Å². The highest BCUT2D eigenvalue weighted by molar-refractivity contribution is 7.88. The van der Waals surface area contributed by atoms with Crippen molar-refractivity contribution in [3.63, 3.8) is 0 Å². The standard InChI is InChI=1S/C13H22N4O3S/c1-15(9-11-8-14-16(2)10-11)13(18)12-4-6-17(7-5-12)21(3,19)20/h8,10,12H,4-7,9H2,1-3H3. The normalized spacial score (nSPS) is 17.9. The molecule has 1 amide bonds. The zero-order chi connectivity index (χ0) is 15.6. The van der Waals surface area contributed by atoms with Gasteiger partial charge in [0.1, 0.15) is 0 Å². The highest BCUT2D eigenvalue weighted by atomic mass is 32.2. The van der Waals surface area contributed by atoms with E-state index in [9.17, 15) is 13.2 Å². The summed E-state index contributed by atoms with van der Waals surface area (Å²) in [4.78, 5) is 14.1. The van der Waals surface area contributed by atoms with E-state index in [2.05, 4.69) is 5.10 Å². The molecule has 0 spiro atoms. The van der Waals surface area contributed by atoms with Gasteiger partial charge in [0.15, 0.2) is 0 Å². The first-order chi connectivity index (χ1) is 9.77. The molecule has 0 bridgehead atoms. The lowest BCUT2D eigenvalue weighted by atomic mass is 9.96. The summed E-state index contributed by atoms with van der Waals surface area (Å²) >= 11 is 0. The van der Waals surface area contributed by atoms with Gasteiger partial charge in [0.25, 0.3) is 0 Å². The van der Waals surface area contributed by atoms with E-state index in [0.29, 0.717) is 32.5 Å². The average molecular weight is 314 g/mol. The number of carbonyl (C=O) groups excluding carboxylic acids is 1. The van der Waals surface area contributed by atoms with Crippen LogP contribution >= 0.6 is 0 Å². The lowest BCUT2D eigenvalue weighted by Gasteiger charge is -2.31. The van der Waals surface area contributed by atoms with Crippen LogP contribution in [0.1, 0.15) is 18.4 Å². The van der Waals surface area contributed by atoms with Crippen LogP contribution in [0.5, 0.6) is 0 Å². The van der Waals surface area contributed by atoms with Crippen molar-refractivity contribution in [3.8, 4) is 0 Å². The van der Waals surface area contributed by atoms with Crippen LogP contribution in [0, 0.1) is 5.92 Å². The van der Waals surface area contributed by atoms with Gasteiger partial charge in [0.05, 0.1) is 12.5 Å². The summed E-state index contributed by atoms with van der Waals surface area (Å²) in [5, 5.41) is 4.08. The first-order valence-electron chi connectivity index (χ1n) is 6.95. The second kappa shape index (κ2) is 6.15. The summed E-state index contributed by atoms with van der Waals surface area (Å²) in [7, 11) is 0.472. The maximum absolute atomic E-state index is 12.4. The Hall–Kier alpha value is -1.41. The van der Waals surface area contributed by atoms with Gasteiger partial charge in [-0.05, 0) is 12.8 Å². The summed E-state index contributed by atoms with van der Waals surface area (Å²) in [5.41, 5.74) is 0.988. The van der Waals surface area contributed by atoms with E-state index in [1.54, 1.807) is 22.8 Å². The summed E-state index contributed by atoms with van der Waals surface area (Å²) in [6.07, 6.45) is 6.02. The van der Waals surface area contributed by atoms with E-state index in [1.807, 2.05) is 13.2 Å². The van der Waals surface area contributed by atoms with Crippen molar-refractivity contribution in [3.05, 3.63) is 18.0 Å². The van der Waals surface area contributed by atoms with Gasteiger partial charge in [0.2, 0.25) is 15.9 Å². The van der Waals surface area contributed by atoms with Crippen LogP contribution < -0.4 is 0 Å². The Kier molecular flexibility index (Phi) is 4.67. The van der Waals surface area contributed by atoms with Crippen molar-refractivity contribution >= 4 is 15.9 Å². The molecule has 1 aromatic rings. The van der Waals surface area contributed by atoms with Crippen LogP contribution in [0.4, 0.5) is 0 Å². The number of nitrogens with zero attached hydrogens (tertiary/aromatic N) is 4. The highest BCUT2D eigenvalue weighted by Gasteiger charge is 2.30. The molecule has 1 saturated heterocycles. The fourth-order valence-electron chi connectivity index (χ4n) is 2.65. The number of hydrogen-bond donors (Lipinski definition) is 0. The number of rotatable bonds is 4. The molecule has 0 aliphatic carbocycles. The molecular weight excluding hydrogens is 292 g/mol. The van der Waals surface area contributed by atoms with Gasteiger partial charge in [0, 0.05) is 51.4 Å². The molecule has 0 aromatic carbocycles. The Morgan fingerprint density at radius 1 is 1.43 bits per heavy atom. The minimum absolute atomic E-state index is 0.0759. The predicted octanol–water partition coefficient (Wildman–Crippen LogP) is 0.0501. The molecule has 1 fully saturated rings. The Labute approximate surface area is 125 Å². The Bertz CT molecular complexity index is 603. The Balaban J connectivity index is 1.89. The van der Waals surface area contributed by atoms with Crippen LogP contribution in [-0.4, -0.2) is 59.7 Å². The molecule has 21 heavy (non-hydrogen) atoms. The third kappa shape index (κ3) is 4.04. The van der Waals surface area contributed by atoms with E-state index < -0.39 is 10.0 Å². The molecule has 2 heterocycles. The fourth-order valence-corrected chi connectivity index (χ4v) is 3.53. The van der Waals surface area contributed by atoms with E-state index in [1.165, 1.54) is 10.6 Å². The Morgan fingerprint density at radius 2 is 2.05 bits per heavy atom. The lowest BCUT2D eigenvalue weighted by Crippen LogP contribution is -2.42. The molecular formula is C13H22N4O3S. The number of aromatic nitrogens is 2. The van der Waals surface area contributed by atoms with Crippen molar-refractivity contribution in [2.24, 2.45) is 13.0 Å². The summed E-state index contributed by atoms with van der Waals surface area (Å²) < 4.78 is 26.1. The van der Waals surface area contributed by atoms with Crippen molar-refractivity contribution < 1.29 is 13.2 Å². The molecule has 7 nitrogen and oxygen atoms in total. The zero-order valence-corrected chi connectivity index (χ0v) is 13.5. The zero-order valence-electron chi connectivity index (χ0n) is 12.7. The summed E-state index contributed by atoms with van der Waals surface area (Å²) in [6.45, 7) is 1.38. The Morgan fingerprint density at radius 3 is 2.52 bits per heavy atom. The monoisotopic (exact) mass is 314 g/mol. The summed E-state index contributed by atoms with van der Waals surface area (Å²) in [6, 6.07) is 0. The van der Waals surface area contributed by atoms with Gasteiger partial charge in [-0.2, -0.15) is 5.10 Å². The SMILES string of the molecule is CN(Cc1cnn(C)c1)C(=O)C1CCN(S(C)(=O)=O)CC1. The number of hydrogen-bond acceptors (Lipinski definition) is 4. The molecule has 1 aromatic heterocycles. The van der Waals surface area contributed by atoms with Crippen LogP contribution in [0.2, 0.25) is 0 Å². The molecule has 2 rings (SSSR count). The smallest absolute Gasteiger partial charge is 0.225 e. The van der Waals surface area contributed by atoms with Crippen LogP contribution in [0.15, 0.2) is 12.4 Å². The third-order valence-corrected chi connectivity index (χ3v) is 5.13. The largest absolute Gasteiger partial charge is 0.341 e. The average Bonchev–Trinajstić information content (AvgIpc) is 2.82. The molecule has 1 aliphatic heterocycles. The molecule has 0 N–H and O–H groups in total. The number of sulfonamides is 1. The van der Waals surface area contributed by atoms with Crippen molar-refractivity contribution in [1.82, 2.24) is 19.0 Å². The number of carbonyl (C=O) groups is 1. The van der Waals surface area contributed by atoms with Gasteiger partial charge in [-0.3, -0.25) is 9.48 Å². The number of piperidine rings is 1. The van der Waals surface area contributed by atoms with E-state index in [0.717, 1.165) is 5.56 Å². The second-order valence-electron chi connectivity index (χ2n) is 5.65. The summed E-state index contributed by atoms with van der Waals surface area (Å²) in [5.74, 6) is -0.0170. The first-order valence-corrected chi connectivity index (χ1v) is 8.80. The quantitative estimate of drug-likeness (QED) is 0.787. The second-order valence-corrected chi connectivity index (χ2v) is 7.64. The van der Waals surface area contributed by atoms with Gasteiger partial charge >= 0.3 is 0 Å². The molecule has 0 radical (unpaired) electrons. The highest BCUT2D eigenvalue weighted by Crippen LogP contribution is 2.21. The maximum atomic E-state index is 12.4. The topological polar surface area (TPSA) is 75.5 Å². The van der Waals surface area contributed by atoms with Crippen LogP contribution in [-0.2, 0) is 28.4 Å².